The van der Waals surface area contributed by atoms with Gasteiger partial charge in [0, 0.05) is 29.4 Å². The van der Waals surface area contributed by atoms with E-state index in [1.165, 1.54) is 23.9 Å². The molecule has 7 heteroatoms. The number of rotatable bonds is 5. The number of ether oxygens (including phenoxy) is 1. The third kappa shape index (κ3) is 4.60. The largest absolute Gasteiger partial charge is 0.378 e. The Bertz CT molecular complexity index is 1260. The van der Waals surface area contributed by atoms with Gasteiger partial charge in [-0.25, -0.2) is 4.39 Å². The maximum atomic E-state index is 13.5. The van der Waals surface area contributed by atoms with Gasteiger partial charge in [-0.2, -0.15) is 0 Å². The molecule has 2 heterocycles. The second-order valence-electron chi connectivity index (χ2n) is 7.75. The topological polar surface area (TPSA) is 55.3 Å². The molecule has 0 radical (unpaired) electrons. The first-order chi connectivity index (χ1) is 16.2. The minimum absolute atomic E-state index is 0.0444. The van der Waals surface area contributed by atoms with E-state index in [1.807, 2.05) is 59.5 Å². The van der Waals surface area contributed by atoms with E-state index in [9.17, 15) is 9.18 Å². The van der Waals surface area contributed by atoms with Gasteiger partial charge in [0.2, 0.25) is 5.91 Å². The molecule has 4 aromatic rings. The van der Waals surface area contributed by atoms with Crippen LogP contribution in [0.5, 0.6) is 0 Å². The number of aromatic nitrogens is 2. The summed E-state index contributed by atoms with van der Waals surface area (Å²) < 4.78 is 18.9. The second kappa shape index (κ2) is 9.68. The molecule has 33 heavy (non-hydrogen) atoms. The van der Waals surface area contributed by atoms with Gasteiger partial charge in [-0.3, -0.25) is 4.79 Å². The summed E-state index contributed by atoms with van der Waals surface area (Å²) in [7, 11) is 0. The fraction of sp³-hybridized carbons (Fsp3) is 0.192. The van der Waals surface area contributed by atoms with Crippen LogP contribution in [0.4, 0.5) is 4.39 Å². The standard InChI is InChI=1S/C26H22FN3O2S/c27-20-12-10-18(11-13-20)23-21-8-4-5-9-22(21)25(29-28-23)33-24(19-6-2-1-3-7-19)26(31)30-14-16-32-17-15-30/h1-13,24H,14-17H2. The highest BCUT2D eigenvalue weighted by Crippen LogP contribution is 2.40. The Kier molecular flexibility index (Phi) is 6.32. The van der Waals surface area contributed by atoms with Crippen molar-refractivity contribution in [3.05, 3.63) is 90.2 Å². The summed E-state index contributed by atoms with van der Waals surface area (Å²) in [6.45, 7) is 2.26. The molecule has 1 aliphatic rings. The lowest BCUT2D eigenvalue weighted by molar-refractivity contribution is -0.134. The molecule has 1 aromatic heterocycles. The van der Waals surface area contributed by atoms with Gasteiger partial charge >= 0.3 is 0 Å². The molecule has 166 valence electrons. The monoisotopic (exact) mass is 459 g/mol. The average molecular weight is 460 g/mol. The molecule has 1 fully saturated rings. The molecule has 1 unspecified atom stereocenters. The van der Waals surface area contributed by atoms with Gasteiger partial charge < -0.3 is 9.64 Å². The van der Waals surface area contributed by atoms with Crippen LogP contribution >= 0.6 is 11.8 Å². The highest BCUT2D eigenvalue weighted by Gasteiger charge is 2.29. The Morgan fingerprint density at radius 1 is 0.879 bits per heavy atom. The number of hydrogen-bond donors (Lipinski definition) is 0. The number of amides is 1. The summed E-state index contributed by atoms with van der Waals surface area (Å²) in [6, 6.07) is 23.9. The molecule has 0 aliphatic carbocycles. The highest BCUT2D eigenvalue weighted by molar-refractivity contribution is 8.00. The van der Waals surface area contributed by atoms with Crippen molar-refractivity contribution in [3.63, 3.8) is 0 Å². The molecule has 0 N–H and O–H groups in total. The zero-order chi connectivity index (χ0) is 22.6. The summed E-state index contributed by atoms with van der Waals surface area (Å²) >= 11 is 1.41. The predicted molar refractivity (Wildman–Crippen MR) is 127 cm³/mol. The number of nitrogens with zero attached hydrogens (tertiary/aromatic N) is 3. The van der Waals surface area contributed by atoms with Crippen molar-refractivity contribution in [2.45, 2.75) is 10.3 Å². The minimum Gasteiger partial charge on any atom is -0.378 e. The van der Waals surface area contributed by atoms with E-state index >= 15 is 0 Å². The molecule has 1 amide bonds. The van der Waals surface area contributed by atoms with Gasteiger partial charge in [0.15, 0.2) is 0 Å². The quantitative estimate of drug-likeness (QED) is 0.388. The van der Waals surface area contributed by atoms with Crippen molar-refractivity contribution < 1.29 is 13.9 Å². The van der Waals surface area contributed by atoms with Crippen molar-refractivity contribution in [2.75, 3.05) is 26.3 Å². The molecule has 0 spiro atoms. The second-order valence-corrected chi connectivity index (χ2v) is 8.85. The lowest BCUT2D eigenvalue weighted by Crippen LogP contribution is -2.42. The van der Waals surface area contributed by atoms with Crippen LogP contribution in [0.1, 0.15) is 10.8 Å². The van der Waals surface area contributed by atoms with Crippen molar-refractivity contribution in [2.24, 2.45) is 0 Å². The first kappa shape index (κ1) is 21.6. The summed E-state index contributed by atoms with van der Waals surface area (Å²) in [6.07, 6.45) is 0. The number of carbonyl (C=O) groups is 1. The maximum absolute atomic E-state index is 13.5. The van der Waals surface area contributed by atoms with Crippen molar-refractivity contribution >= 4 is 28.4 Å². The Morgan fingerprint density at radius 2 is 1.55 bits per heavy atom. The van der Waals surface area contributed by atoms with Gasteiger partial charge in [0.25, 0.3) is 0 Å². The average Bonchev–Trinajstić information content (AvgIpc) is 2.88. The smallest absolute Gasteiger partial charge is 0.240 e. The molecule has 3 aromatic carbocycles. The van der Waals surface area contributed by atoms with Crippen LogP contribution in [0.3, 0.4) is 0 Å². The summed E-state index contributed by atoms with van der Waals surface area (Å²) in [4.78, 5) is 15.4. The molecule has 1 aliphatic heterocycles. The number of hydrogen-bond acceptors (Lipinski definition) is 5. The van der Waals surface area contributed by atoms with Crippen LogP contribution in [-0.2, 0) is 9.53 Å². The number of fused-ring (bicyclic) bond motifs is 1. The summed E-state index contributed by atoms with van der Waals surface area (Å²) in [5, 5.41) is 11.1. The van der Waals surface area contributed by atoms with Crippen LogP contribution in [0, 0.1) is 5.82 Å². The molecular formula is C26H22FN3O2S. The first-order valence-corrected chi connectivity index (χ1v) is 11.7. The molecule has 0 saturated carbocycles. The molecule has 1 atom stereocenters. The lowest BCUT2D eigenvalue weighted by atomic mass is 10.1. The number of benzene rings is 3. The van der Waals surface area contributed by atoms with Crippen LogP contribution < -0.4 is 0 Å². The maximum Gasteiger partial charge on any atom is 0.240 e. The zero-order valence-corrected chi connectivity index (χ0v) is 18.7. The van der Waals surface area contributed by atoms with E-state index in [1.54, 1.807) is 12.1 Å². The minimum atomic E-state index is -0.446. The van der Waals surface area contributed by atoms with E-state index in [0.29, 0.717) is 37.0 Å². The Hall–Kier alpha value is -3.29. The van der Waals surface area contributed by atoms with Gasteiger partial charge in [0.05, 0.1) is 13.2 Å². The van der Waals surface area contributed by atoms with Crippen LogP contribution in [0.15, 0.2) is 83.9 Å². The Morgan fingerprint density at radius 3 is 2.27 bits per heavy atom. The van der Waals surface area contributed by atoms with Gasteiger partial charge in [-0.15, -0.1) is 10.2 Å². The third-order valence-electron chi connectivity index (χ3n) is 5.65. The summed E-state index contributed by atoms with van der Waals surface area (Å²) in [5.74, 6) is -0.251. The van der Waals surface area contributed by atoms with Crippen LogP contribution in [0.2, 0.25) is 0 Å². The van der Waals surface area contributed by atoms with E-state index < -0.39 is 5.25 Å². The Labute approximate surface area is 195 Å². The SMILES string of the molecule is O=C(C(Sc1nnc(-c2ccc(F)cc2)c2ccccc12)c1ccccc1)N1CCOCC1. The number of thioether (sulfide) groups is 1. The number of morpholine rings is 1. The van der Waals surface area contributed by atoms with Gasteiger partial charge in [-0.1, -0.05) is 66.4 Å². The highest BCUT2D eigenvalue weighted by atomic mass is 32.2. The third-order valence-corrected chi connectivity index (χ3v) is 6.88. The molecular weight excluding hydrogens is 437 g/mol. The molecule has 5 rings (SSSR count). The van der Waals surface area contributed by atoms with E-state index in [0.717, 1.165) is 21.9 Å². The van der Waals surface area contributed by atoms with Crippen LogP contribution in [0.25, 0.3) is 22.0 Å². The zero-order valence-electron chi connectivity index (χ0n) is 17.9. The van der Waals surface area contributed by atoms with Gasteiger partial charge in [0.1, 0.15) is 21.8 Å². The fourth-order valence-electron chi connectivity index (χ4n) is 3.94. The van der Waals surface area contributed by atoms with Crippen molar-refractivity contribution in [1.29, 1.82) is 0 Å². The van der Waals surface area contributed by atoms with Crippen molar-refractivity contribution in [1.82, 2.24) is 15.1 Å². The van der Waals surface area contributed by atoms with Crippen molar-refractivity contribution in [3.8, 4) is 11.3 Å². The molecule has 1 saturated heterocycles. The summed E-state index contributed by atoms with van der Waals surface area (Å²) in [5.41, 5.74) is 2.40. The lowest BCUT2D eigenvalue weighted by Gasteiger charge is -2.30. The normalized spacial score (nSPS) is 14.9. The number of carbonyl (C=O) groups excluding carboxylic acids is 1. The predicted octanol–water partition coefficient (Wildman–Crippen LogP) is 5.13. The van der Waals surface area contributed by atoms with Gasteiger partial charge in [-0.05, 0) is 29.8 Å². The molecule has 5 nitrogen and oxygen atoms in total. The van der Waals surface area contributed by atoms with E-state index in [4.69, 9.17) is 4.74 Å². The Balaban J connectivity index is 1.55. The van der Waals surface area contributed by atoms with E-state index in [-0.39, 0.29) is 11.7 Å². The fourth-order valence-corrected chi connectivity index (χ4v) is 5.10. The first-order valence-electron chi connectivity index (χ1n) is 10.8. The van der Waals surface area contributed by atoms with E-state index in [2.05, 4.69) is 10.2 Å². The van der Waals surface area contributed by atoms with Crippen LogP contribution in [-0.4, -0.2) is 47.3 Å². The number of halogens is 1. The molecule has 0 bridgehead atoms.